The third kappa shape index (κ3) is 3.69. The van der Waals surface area contributed by atoms with Crippen molar-refractivity contribution in [3.63, 3.8) is 0 Å². The van der Waals surface area contributed by atoms with E-state index in [1.54, 1.807) is 12.1 Å². The highest BCUT2D eigenvalue weighted by Gasteiger charge is 2.34. The maximum atomic E-state index is 12.8. The second-order valence-corrected chi connectivity index (χ2v) is 8.25. The van der Waals surface area contributed by atoms with Crippen molar-refractivity contribution in [2.75, 3.05) is 0 Å². The second kappa shape index (κ2) is 7.30. The molecule has 0 radical (unpaired) electrons. The lowest BCUT2D eigenvalue weighted by molar-refractivity contribution is -0.128. The number of nitrogens with zero attached hydrogens (tertiary/aromatic N) is 2. The fourth-order valence-corrected chi connectivity index (χ4v) is 4.42. The van der Waals surface area contributed by atoms with Crippen molar-refractivity contribution in [2.45, 2.75) is 12.5 Å². The number of hydrogen-bond acceptors (Lipinski definition) is 6. The zero-order chi connectivity index (χ0) is 19.0. The zero-order valence-electron chi connectivity index (χ0n) is 13.7. The molecule has 2 aromatic rings. The van der Waals surface area contributed by atoms with Crippen LogP contribution >= 0.6 is 34.7 Å². The second-order valence-electron chi connectivity index (χ2n) is 5.82. The summed E-state index contributed by atoms with van der Waals surface area (Å²) in [6.45, 7) is 0. The number of hydrogen-bond donors (Lipinski definition) is 1. The first-order valence-corrected chi connectivity index (χ1v) is 10.0. The van der Waals surface area contributed by atoms with Crippen LogP contribution in [0.2, 0.25) is 5.02 Å². The summed E-state index contributed by atoms with van der Waals surface area (Å²) in [4.78, 5) is 36.9. The summed E-state index contributed by atoms with van der Waals surface area (Å²) in [7, 11) is 0. The molecule has 6 nitrogen and oxygen atoms in total. The van der Waals surface area contributed by atoms with Gasteiger partial charge in [0.25, 0.3) is 17.1 Å². The van der Waals surface area contributed by atoms with E-state index in [1.807, 2.05) is 29.6 Å². The highest BCUT2D eigenvalue weighted by molar-refractivity contribution is 8.18. The van der Waals surface area contributed by atoms with Gasteiger partial charge in [0.1, 0.15) is 0 Å². The number of rotatable bonds is 3. The molecule has 0 bridgehead atoms. The molecule has 2 aliphatic rings. The molecule has 0 saturated carbocycles. The smallest absolute Gasteiger partial charge is 0.282 e. The molecule has 136 valence electrons. The number of nitrogens with one attached hydrogen (secondary N) is 1. The summed E-state index contributed by atoms with van der Waals surface area (Å²) in [5.74, 6) is -1.00. The number of hydrazone groups is 1. The van der Waals surface area contributed by atoms with E-state index in [0.29, 0.717) is 23.2 Å². The fourth-order valence-electron chi connectivity index (χ4n) is 2.83. The summed E-state index contributed by atoms with van der Waals surface area (Å²) in [5, 5.41) is 10.1. The van der Waals surface area contributed by atoms with Crippen LogP contribution in [-0.4, -0.2) is 27.8 Å². The van der Waals surface area contributed by atoms with Gasteiger partial charge in [-0.15, -0.1) is 11.3 Å². The third-order valence-electron chi connectivity index (χ3n) is 4.08. The maximum Gasteiger partial charge on any atom is 0.290 e. The van der Waals surface area contributed by atoms with Gasteiger partial charge in [-0.05, 0) is 40.9 Å². The summed E-state index contributed by atoms with van der Waals surface area (Å²) in [6.07, 6.45) is 1.72. The van der Waals surface area contributed by atoms with Crippen molar-refractivity contribution in [3.05, 3.63) is 68.2 Å². The predicted molar refractivity (Wildman–Crippen MR) is 106 cm³/mol. The minimum atomic E-state index is -0.563. The van der Waals surface area contributed by atoms with Crippen LogP contribution in [0.5, 0.6) is 0 Å². The Hall–Kier alpha value is -2.42. The first-order valence-electron chi connectivity index (χ1n) is 7.96. The first-order chi connectivity index (χ1) is 13.0. The number of thioether (sulfide) groups is 1. The van der Waals surface area contributed by atoms with Gasteiger partial charge in [-0.1, -0.05) is 29.8 Å². The molecule has 1 aromatic carbocycles. The van der Waals surface area contributed by atoms with E-state index in [4.69, 9.17) is 11.6 Å². The van der Waals surface area contributed by atoms with Crippen LogP contribution in [-0.2, 0) is 9.59 Å². The summed E-state index contributed by atoms with van der Waals surface area (Å²) >= 11 is 8.20. The molecule has 0 aliphatic carbocycles. The first kappa shape index (κ1) is 18.0. The van der Waals surface area contributed by atoms with Crippen LogP contribution in [0.1, 0.15) is 22.9 Å². The minimum Gasteiger partial charge on any atom is -0.282 e. The lowest BCUT2D eigenvalue weighted by Crippen LogP contribution is -2.25. The zero-order valence-corrected chi connectivity index (χ0v) is 16.1. The van der Waals surface area contributed by atoms with Crippen molar-refractivity contribution < 1.29 is 14.4 Å². The van der Waals surface area contributed by atoms with Crippen molar-refractivity contribution >= 4 is 57.5 Å². The Morgan fingerprint density at radius 3 is 2.67 bits per heavy atom. The van der Waals surface area contributed by atoms with Crippen LogP contribution in [0.4, 0.5) is 4.79 Å². The molecule has 1 N–H and O–H groups in total. The molecule has 2 aliphatic heterocycles. The summed E-state index contributed by atoms with van der Waals surface area (Å²) < 4.78 is 0. The number of amides is 3. The standard InChI is InChI=1S/C18H12ClN3O3S2/c19-11-5-3-10(4-6-11)12-8-13(14-2-1-7-26-14)22(21-12)16(23)9-15-17(24)20-18(25)27-15/h1-7,9,13H,8H2,(H,20,24,25)/b15-9-. The van der Waals surface area contributed by atoms with Crippen LogP contribution in [0.25, 0.3) is 0 Å². The maximum absolute atomic E-state index is 12.8. The van der Waals surface area contributed by atoms with Gasteiger partial charge in [-0.25, -0.2) is 5.01 Å². The van der Waals surface area contributed by atoms with Crippen molar-refractivity contribution in [2.24, 2.45) is 5.10 Å². The van der Waals surface area contributed by atoms with E-state index in [0.717, 1.165) is 16.2 Å². The van der Waals surface area contributed by atoms with Gasteiger partial charge in [0.15, 0.2) is 0 Å². The van der Waals surface area contributed by atoms with Crippen LogP contribution in [0.3, 0.4) is 0 Å². The Bertz CT molecular complexity index is 984. The van der Waals surface area contributed by atoms with Crippen LogP contribution < -0.4 is 5.32 Å². The lowest BCUT2D eigenvalue weighted by Gasteiger charge is -2.19. The van der Waals surface area contributed by atoms with Gasteiger partial charge in [0.2, 0.25) is 0 Å². The lowest BCUT2D eigenvalue weighted by atomic mass is 10.0. The highest BCUT2D eigenvalue weighted by Crippen LogP contribution is 2.36. The molecule has 9 heteroatoms. The Kier molecular flexibility index (Phi) is 4.86. The molecule has 4 rings (SSSR count). The molecule has 3 heterocycles. The van der Waals surface area contributed by atoms with E-state index < -0.39 is 17.1 Å². The summed E-state index contributed by atoms with van der Waals surface area (Å²) in [5.41, 5.74) is 1.64. The molecule has 1 aromatic heterocycles. The highest BCUT2D eigenvalue weighted by atomic mass is 35.5. The Balaban J connectivity index is 1.66. The Morgan fingerprint density at radius 1 is 1.26 bits per heavy atom. The van der Waals surface area contributed by atoms with E-state index >= 15 is 0 Å². The molecule has 0 spiro atoms. The van der Waals surface area contributed by atoms with Crippen LogP contribution in [0.15, 0.2) is 57.9 Å². The number of thiophene rings is 1. The number of halogens is 1. The SMILES string of the molecule is O=C1NC(=O)/C(=C/C(=O)N2N=C(c3ccc(Cl)cc3)CC2c2cccs2)S1. The molecule has 1 fully saturated rings. The molecule has 1 unspecified atom stereocenters. The van der Waals surface area contributed by atoms with E-state index in [1.165, 1.54) is 22.4 Å². The minimum absolute atomic E-state index is 0.0741. The largest absolute Gasteiger partial charge is 0.290 e. The third-order valence-corrected chi connectivity index (χ3v) is 6.12. The summed E-state index contributed by atoms with van der Waals surface area (Å²) in [6, 6.07) is 10.9. The van der Waals surface area contributed by atoms with E-state index in [9.17, 15) is 14.4 Å². The average Bonchev–Trinajstić information content (AvgIpc) is 3.36. The topological polar surface area (TPSA) is 78.8 Å². The van der Waals surface area contributed by atoms with Crippen LogP contribution in [0, 0.1) is 0 Å². The Labute approximate surface area is 167 Å². The van der Waals surface area contributed by atoms with Gasteiger partial charge in [-0.2, -0.15) is 5.10 Å². The number of benzene rings is 1. The van der Waals surface area contributed by atoms with Gasteiger partial charge in [0, 0.05) is 22.4 Å². The quantitative estimate of drug-likeness (QED) is 0.767. The van der Waals surface area contributed by atoms with E-state index in [-0.39, 0.29) is 10.9 Å². The van der Waals surface area contributed by atoms with Gasteiger partial charge >= 0.3 is 0 Å². The van der Waals surface area contributed by atoms with Gasteiger partial charge in [-0.3, -0.25) is 19.7 Å². The number of carbonyl (C=O) groups excluding carboxylic acids is 3. The molecule has 1 saturated heterocycles. The van der Waals surface area contributed by atoms with Crippen molar-refractivity contribution in [1.82, 2.24) is 10.3 Å². The number of imide groups is 1. The fraction of sp³-hybridized carbons (Fsp3) is 0.111. The van der Waals surface area contributed by atoms with E-state index in [2.05, 4.69) is 10.4 Å². The molecule has 27 heavy (non-hydrogen) atoms. The monoisotopic (exact) mass is 417 g/mol. The predicted octanol–water partition coefficient (Wildman–Crippen LogP) is 3.95. The van der Waals surface area contributed by atoms with Crippen molar-refractivity contribution in [1.29, 1.82) is 0 Å². The van der Waals surface area contributed by atoms with Gasteiger partial charge in [0.05, 0.1) is 16.7 Å². The molecular formula is C18H12ClN3O3S2. The number of carbonyl (C=O) groups is 3. The molecule has 3 amide bonds. The van der Waals surface area contributed by atoms with Gasteiger partial charge < -0.3 is 0 Å². The molecular weight excluding hydrogens is 406 g/mol. The molecule has 1 atom stereocenters. The normalized spacial score (nSPS) is 20.9. The average molecular weight is 418 g/mol. The Morgan fingerprint density at radius 2 is 2.04 bits per heavy atom. The van der Waals surface area contributed by atoms with Crippen molar-refractivity contribution in [3.8, 4) is 0 Å².